The van der Waals surface area contributed by atoms with Crippen LogP contribution in [0.15, 0.2) is 18.6 Å². The normalized spacial score (nSPS) is 15.7. The van der Waals surface area contributed by atoms with E-state index in [0.29, 0.717) is 11.7 Å². The van der Waals surface area contributed by atoms with Crippen LogP contribution in [0.2, 0.25) is 0 Å². The van der Waals surface area contributed by atoms with Crippen LogP contribution in [0.25, 0.3) is 5.78 Å². The summed E-state index contributed by atoms with van der Waals surface area (Å²) in [6, 6.07) is 0. The lowest BCUT2D eigenvalue weighted by Crippen LogP contribution is -2.02. The van der Waals surface area contributed by atoms with E-state index in [1.165, 1.54) is 23.4 Å². The van der Waals surface area contributed by atoms with E-state index in [9.17, 15) is 4.79 Å². The fourth-order valence-corrected chi connectivity index (χ4v) is 1.67. The van der Waals surface area contributed by atoms with Gasteiger partial charge in [0.25, 0.3) is 0 Å². The van der Waals surface area contributed by atoms with Gasteiger partial charge in [-0.05, 0) is 24.3 Å². The molecule has 0 aliphatic heterocycles. The topological polar surface area (TPSA) is 67.5 Å². The van der Waals surface area contributed by atoms with Crippen LogP contribution in [0.5, 0.6) is 0 Å². The van der Waals surface area contributed by atoms with Crippen molar-refractivity contribution in [3.63, 3.8) is 0 Å². The zero-order chi connectivity index (χ0) is 10.4. The number of carboxylic acids is 1. The van der Waals surface area contributed by atoms with Crippen LogP contribution in [-0.2, 0) is 0 Å². The average Bonchev–Trinajstić information content (AvgIpc) is 2.97. The van der Waals surface area contributed by atoms with Crippen molar-refractivity contribution in [1.82, 2.24) is 14.4 Å². The Kier molecular flexibility index (Phi) is 1.56. The maximum Gasteiger partial charge on any atom is 0.354 e. The van der Waals surface area contributed by atoms with Gasteiger partial charge in [-0.1, -0.05) is 0 Å². The molecule has 2 heterocycles. The van der Waals surface area contributed by atoms with Crippen molar-refractivity contribution in [3.05, 3.63) is 29.8 Å². The van der Waals surface area contributed by atoms with Gasteiger partial charge in [-0.3, -0.25) is 4.40 Å². The summed E-state index contributed by atoms with van der Waals surface area (Å²) in [7, 11) is 0. The van der Waals surface area contributed by atoms with Crippen molar-refractivity contribution in [3.8, 4) is 0 Å². The van der Waals surface area contributed by atoms with E-state index in [-0.39, 0.29) is 5.69 Å². The molecule has 76 valence electrons. The van der Waals surface area contributed by atoms with Gasteiger partial charge in [0, 0.05) is 12.4 Å². The molecule has 0 amide bonds. The highest BCUT2D eigenvalue weighted by molar-refractivity contribution is 5.86. The van der Waals surface area contributed by atoms with Gasteiger partial charge in [-0.15, -0.1) is 0 Å². The number of rotatable bonds is 2. The summed E-state index contributed by atoms with van der Waals surface area (Å²) in [6.07, 6.45) is 7.29. The summed E-state index contributed by atoms with van der Waals surface area (Å²) in [5.74, 6) is 0.0278. The number of aromatic carboxylic acids is 1. The minimum atomic E-state index is -0.975. The van der Waals surface area contributed by atoms with Crippen LogP contribution in [0, 0.1) is 0 Å². The second kappa shape index (κ2) is 2.79. The molecule has 1 saturated carbocycles. The lowest BCUT2D eigenvalue weighted by molar-refractivity contribution is 0.0689. The molecule has 0 aromatic carbocycles. The van der Waals surface area contributed by atoms with E-state index >= 15 is 0 Å². The van der Waals surface area contributed by atoms with Crippen molar-refractivity contribution >= 4 is 11.7 Å². The smallest absolute Gasteiger partial charge is 0.354 e. The molecule has 1 fully saturated rings. The van der Waals surface area contributed by atoms with E-state index in [1.807, 2.05) is 6.20 Å². The second-order valence-corrected chi connectivity index (χ2v) is 3.78. The molecule has 5 nitrogen and oxygen atoms in total. The Balaban J connectivity index is 2.21. The number of hydrogen-bond acceptors (Lipinski definition) is 3. The summed E-state index contributed by atoms with van der Waals surface area (Å²) in [5.41, 5.74) is 1.27. The van der Waals surface area contributed by atoms with Gasteiger partial charge in [-0.25, -0.2) is 14.8 Å². The molecule has 2 aromatic heterocycles. The molecule has 1 aliphatic carbocycles. The van der Waals surface area contributed by atoms with E-state index in [1.54, 1.807) is 6.20 Å². The number of carbonyl (C=O) groups is 1. The fraction of sp³-hybridized carbons (Fsp3) is 0.300. The van der Waals surface area contributed by atoms with Gasteiger partial charge in [0.2, 0.25) is 5.78 Å². The quantitative estimate of drug-likeness (QED) is 0.798. The SMILES string of the molecule is O=C(O)c1cnc2ncc(C3CC3)cn12. The summed E-state index contributed by atoms with van der Waals surface area (Å²) < 4.78 is 1.54. The first-order chi connectivity index (χ1) is 7.25. The van der Waals surface area contributed by atoms with E-state index < -0.39 is 5.97 Å². The highest BCUT2D eigenvalue weighted by atomic mass is 16.4. The molecule has 0 bridgehead atoms. The molecule has 1 N–H and O–H groups in total. The predicted molar refractivity (Wildman–Crippen MR) is 51.9 cm³/mol. The van der Waals surface area contributed by atoms with Crippen molar-refractivity contribution in [2.45, 2.75) is 18.8 Å². The maximum atomic E-state index is 10.9. The predicted octanol–water partition coefficient (Wildman–Crippen LogP) is 1.30. The third-order valence-corrected chi connectivity index (χ3v) is 2.65. The number of aromatic nitrogens is 3. The highest BCUT2D eigenvalue weighted by Crippen LogP contribution is 2.39. The Morgan fingerprint density at radius 3 is 2.80 bits per heavy atom. The molecular weight excluding hydrogens is 194 g/mol. The Hall–Kier alpha value is -1.91. The minimum absolute atomic E-state index is 0.167. The zero-order valence-corrected chi connectivity index (χ0v) is 7.92. The molecule has 0 atom stereocenters. The van der Waals surface area contributed by atoms with Gasteiger partial charge in [-0.2, -0.15) is 0 Å². The number of carboxylic acid groups (broad SMARTS) is 1. The first-order valence-electron chi connectivity index (χ1n) is 4.82. The molecule has 1 aliphatic rings. The van der Waals surface area contributed by atoms with Crippen LogP contribution in [-0.4, -0.2) is 25.4 Å². The second-order valence-electron chi connectivity index (χ2n) is 3.78. The first-order valence-corrected chi connectivity index (χ1v) is 4.82. The zero-order valence-electron chi connectivity index (χ0n) is 7.92. The lowest BCUT2D eigenvalue weighted by atomic mass is 10.2. The summed E-state index contributed by atoms with van der Waals surface area (Å²) in [6.45, 7) is 0. The molecule has 0 saturated heterocycles. The summed E-state index contributed by atoms with van der Waals surface area (Å²) in [4.78, 5) is 18.9. The van der Waals surface area contributed by atoms with Crippen molar-refractivity contribution < 1.29 is 9.90 Å². The van der Waals surface area contributed by atoms with Crippen LogP contribution < -0.4 is 0 Å². The lowest BCUT2D eigenvalue weighted by Gasteiger charge is -2.00. The molecule has 5 heteroatoms. The van der Waals surface area contributed by atoms with Crippen LogP contribution in [0.3, 0.4) is 0 Å². The molecule has 15 heavy (non-hydrogen) atoms. The molecule has 0 radical (unpaired) electrons. The van der Waals surface area contributed by atoms with Gasteiger partial charge in [0.1, 0.15) is 0 Å². The molecule has 0 spiro atoms. The Morgan fingerprint density at radius 1 is 1.40 bits per heavy atom. The standard InChI is InChI=1S/C10H9N3O2/c14-9(15)8-4-12-10-11-3-7(5-13(8)10)6-1-2-6/h3-6H,1-2H2,(H,14,15). The highest BCUT2D eigenvalue weighted by Gasteiger charge is 2.24. The molecular formula is C10H9N3O2. The van der Waals surface area contributed by atoms with E-state index in [2.05, 4.69) is 9.97 Å². The average molecular weight is 203 g/mol. The van der Waals surface area contributed by atoms with E-state index in [0.717, 1.165) is 5.56 Å². The van der Waals surface area contributed by atoms with Crippen molar-refractivity contribution in [2.75, 3.05) is 0 Å². The number of fused-ring (bicyclic) bond motifs is 1. The Bertz CT molecular complexity index is 543. The molecule has 2 aromatic rings. The van der Waals surface area contributed by atoms with Gasteiger partial charge in [0.05, 0.1) is 6.20 Å². The fourth-order valence-electron chi connectivity index (χ4n) is 1.67. The first kappa shape index (κ1) is 8.40. The monoisotopic (exact) mass is 203 g/mol. The summed E-state index contributed by atoms with van der Waals surface area (Å²) >= 11 is 0. The van der Waals surface area contributed by atoms with Crippen LogP contribution >= 0.6 is 0 Å². The van der Waals surface area contributed by atoms with Crippen LogP contribution in [0.1, 0.15) is 34.8 Å². The molecule has 0 unspecified atom stereocenters. The van der Waals surface area contributed by atoms with Gasteiger partial charge < -0.3 is 5.11 Å². The van der Waals surface area contributed by atoms with Crippen molar-refractivity contribution in [1.29, 1.82) is 0 Å². The van der Waals surface area contributed by atoms with Crippen molar-refractivity contribution in [2.24, 2.45) is 0 Å². The number of hydrogen-bond donors (Lipinski definition) is 1. The van der Waals surface area contributed by atoms with Crippen LogP contribution in [0.4, 0.5) is 0 Å². The van der Waals surface area contributed by atoms with Gasteiger partial charge >= 0.3 is 5.97 Å². The maximum absolute atomic E-state index is 10.9. The Labute approximate surface area is 85.4 Å². The third kappa shape index (κ3) is 1.27. The van der Waals surface area contributed by atoms with E-state index in [4.69, 9.17) is 5.11 Å². The molecule has 3 rings (SSSR count). The third-order valence-electron chi connectivity index (χ3n) is 2.65. The summed E-state index contributed by atoms with van der Waals surface area (Å²) in [5, 5.41) is 8.93. The Morgan fingerprint density at radius 2 is 2.13 bits per heavy atom. The number of nitrogens with zero attached hydrogens (tertiary/aromatic N) is 3. The minimum Gasteiger partial charge on any atom is -0.477 e. The van der Waals surface area contributed by atoms with Gasteiger partial charge in [0.15, 0.2) is 5.69 Å². The number of imidazole rings is 1. The largest absolute Gasteiger partial charge is 0.477 e.